The SMILES string of the molecule is BrC(Br)(c1ccccc1)c1cccc(-c2ccccc2)c1-c1ccccc1. The molecule has 0 bridgehead atoms. The van der Waals surface area contributed by atoms with Gasteiger partial charge < -0.3 is 0 Å². The minimum Gasteiger partial charge on any atom is -0.0622 e. The molecule has 0 fully saturated rings. The van der Waals surface area contributed by atoms with E-state index in [2.05, 4.69) is 135 Å². The maximum Gasteiger partial charge on any atom is 0.131 e. The highest BCUT2D eigenvalue weighted by atomic mass is 79.9. The summed E-state index contributed by atoms with van der Waals surface area (Å²) in [4.78, 5) is 0. The summed E-state index contributed by atoms with van der Waals surface area (Å²) in [6.45, 7) is 0. The Morgan fingerprint density at radius 1 is 0.481 bits per heavy atom. The molecule has 27 heavy (non-hydrogen) atoms. The summed E-state index contributed by atoms with van der Waals surface area (Å²) in [5.41, 5.74) is 7.20. The van der Waals surface area contributed by atoms with E-state index >= 15 is 0 Å². The van der Waals surface area contributed by atoms with E-state index < -0.39 is 3.23 Å². The maximum atomic E-state index is 3.97. The number of hydrogen-bond donors (Lipinski definition) is 0. The van der Waals surface area contributed by atoms with Gasteiger partial charge in [-0.3, -0.25) is 0 Å². The summed E-state index contributed by atoms with van der Waals surface area (Å²) in [7, 11) is 0. The van der Waals surface area contributed by atoms with E-state index in [1.807, 2.05) is 6.07 Å². The van der Waals surface area contributed by atoms with Crippen LogP contribution in [0.5, 0.6) is 0 Å². The third-order valence-electron chi connectivity index (χ3n) is 4.69. The smallest absolute Gasteiger partial charge is 0.0622 e. The number of benzene rings is 4. The van der Waals surface area contributed by atoms with E-state index in [1.165, 1.54) is 27.8 Å². The molecule has 0 atom stereocenters. The van der Waals surface area contributed by atoms with Gasteiger partial charge in [0.1, 0.15) is 3.23 Å². The van der Waals surface area contributed by atoms with E-state index in [0.717, 1.165) is 5.56 Å². The first kappa shape index (κ1) is 18.2. The van der Waals surface area contributed by atoms with E-state index in [0.29, 0.717) is 0 Å². The lowest BCUT2D eigenvalue weighted by molar-refractivity contribution is 1.12. The van der Waals surface area contributed by atoms with Crippen molar-refractivity contribution < 1.29 is 0 Å². The van der Waals surface area contributed by atoms with Crippen molar-refractivity contribution in [2.24, 2.45) is 0 Å². The minimum atomic E-state index is -0.475. The Hall–Kier alpha value is -2.16. The molecule has 0 aliphatic carbocycles. The summed E-state index contributed by atoms with van der Waals surface area (Å²) in [6.07, 6.45) is 0. The van der Waals surface area contributed by atoms with Crippen LogP contribution in [0.15, 0.2) is 109 Å². The summed E-state index contributed by atoms with van der Waals surface area (Å²) >= 11 is 7.94. The van der Waals surface area contributed by atoms with Gasteiger partial charge in [-0.15, -0.1) is 0 Å². The predicted molar refractivity (Wildman–Crippen MR) is 122 cm³/mol. The lowest BCUT2D eigenvalue weighted by Crippen LogP contribution is -2.13. The number of hydrogen-bond acceptors (Lipinski definition) is 0. The largest absolute Gasteiger partial charge is 0.131 e. The Kier molecular flexibility index (Phi) is 5.29. The average Bonchev–Trinajstić information content (AvgIpc) is 2.75. The van der Waals surface area contributed by atoms with Crippen molar-refractivity contribution >= 4 is 31.9 Å². The third-order valence-corrected chi connectivity index (χ3v) is 6.46. The van der Waals surface area contributed by atoms with Crippen LogP contribution in [0.2, 0.25) is 0 Å². The normalized spacial score (nSPS) is 11.3. The van der Waals surface area contributed by atoms with Crippen molar-refractivity contribution in [3.63, 3.8) is 0 Å². The molecule has 0 saturated carbocycles. The molecule has 0 spiro atoms. The highest BCUT2D eigenvalue weighted by molar-refractivity contribution is 9.25. The standard InChI is InChI=1S/C25H18Br2/c26-25(27,21-15-8-3-9-16-21)23-18-10-17-22(19-11-4-1-5-12-19)24(23)20-13-6-2-7-14-20/h1-18H. The van der Waals surface area contributed by atoms with Gasteiger partial charge in [-0.2, -0.15) is 0 Å². The van der Waals surface area contributed by atoms with Gasteiger partial charge >= 0.3 is 0 Å². The van der Waals surface area contributed by atoms with Crippen LogP contribution < -0.4 is 0 Å². The fourth-order valence-corrected chi connectivity index (χ4v) is 4.58. The van der Waals surface area contributed by atoms with Crippen LogP contribution in [-0.4, -0.2) is 0 Å². The molecular weight excluding hydrogens is 460 g/mol. The molecule has 0 heterocycles. The van der Waals surface area contributed by atoms with Gasteiger partial charge in [-0.1, -0.05) is 141 Å². The molecule has 0 saturated heterocycles. The van der Waals surface area contributed by atoms with Crippen LogP contribution >= 0.6 is 31.9 Å². The van der Waals surface area contributed by atoms with E-state index in [-0.39, 0.29) is 0 Å². The summed E-state index contributed by atoms with van der Waals surface area (Å²) in [6, 6.07) is 38.1. The van der Waals surface area contributed by atoms with Gasteiger partial charge in [0.2, 0.25) is 0 Å². The second kappa shape index (κ2) is 7.84. The van der Waals surface area contributed by atoms with Crippen LogP contribution in [0.4, 0.5) is 0 Å². The lowest BCUT2D eigenvalue weighted by atomic mass is 9.88. The fraction of sp³-hybridized carbons (Fsp3) is 0.0400. The Morgan fingerprint density at radius 3 is 1.59 bits per heavy atom. The monoisotopic (exact) mass is 476 g/mol. The molecule has 0 nitrogen and oxygen atoms in total. The summed E-state index contributed by atoms with van der Waals surface area (Å²) in [5.74, 6) is 0. The first-order valence-corrected chi connectivity index (χ1v) is 10.4. The molecule has 0 radical (unpaired) electrons. The molecule has 0 aromatic heterocycles. The number of rotatable bonds is 4. The zero-order valence-corrected chi connectivity index (χ0v) is 17.8. The van der Waals surface area contributed by atoms with E-state index in [1.54, 1.807) is 0 Å². The average molecular weight is 478 g/mol. The molecule has 0 N–H and O–H groups in total. The molecule has 4 aromatic rings. The Balaban J connectivity index is 2.01. The zero-order valence-electron chi connectivity index (χ0n) is 14.6. The van der Waals surface area contributed by atoms with Crippen LogP contribution in [-0.2, 0) is 3.23 Å². The molecular formula is C25H18Br2. The summed E-state index contributed by atoms with van der Waals surface area (Å²) in [5, 5.41) is 0. The first-order valence-electron chi connectivity index (χ1n) is 8.85. The molecule has 2 heteroatoms. The summed E-state index contributed by atoms with van der Waals surface area (Å²) < 4.78 is -0.475. The van der Waals surface area contributed by atoms with Gasteiger partial charge in [-0.05, 0) is 33.4 Å². The lowest BCUT2D eigenvalue weighted by Gasteiger charge is -2.27. The van der Waals surface area contributed by atoms with Crippen molar-refractivity contribution in [1.29, 1.82) is 0 Å². The topological polar surface area (TPSA) is 0 Å². The van der Waals surface area contributed by atoms with E-state index in [4.69, 9.17) is 0 Å². The Bertz CT molecular complexity index is 1020. The molecule has 4 rings (SSSR count). The highest BCUT2D eigenvalue weighted by Crippen LogP contribution is 2.50. The van der Waals surface area contributed by atoms with Crippen LogP contribution in [0.1, 0.15) is 11.1 Å². The van der Waals surface area contributed by atoms with Gasteiger partial charge in [0.25, 0.3) is 0 Å². The molecule has 132 valence electrons. The Labute approximate surface area is 177 Å². The molecule has 0 aliphatic rings. The Morgan fingerprint density at radius 2 is 1.00 bits per heavy atom. The van der Waals surface area contributed by atoms with Gasteiger partial charge in [-0.25, -0.2) is 0 Å². The first-order chi connectivity index (χ1) is 13.2. The minimum absolute atomic E-state index is 0.475. The van der Waals surface area contributed by atoms with Gasteiger partial charge in [0.15, 0.2) is 0 Å². The van der Waals surface area contributed by atoms with E-state index in [9.17, 15) is 0 Å². The zero-order chi connectivity index (χ0) is 18.7. The van der Waals surface area contributed by atoms with Crippen LogP contribution in [0.3, 0.4) is 0 Å². The molecule has 0 unspecified atom stereocenters. The van der Waals surface area contributed by atoms with Gasteiger partial charge in [0, 0.05) is 0 Å². The predicted octanol–water partition coefficient (Wildman–Crippen LogP) is 8.01. The van der Waals surface area contributed by atoms with Gasteiger partial charge in [0.05, 0.1) is 0 Å². The number of alkyl halides is 2. The van der Waals surface area contributed by atoms with Crippen LogP contribution in [0, 0.1) is 0 Å². The second-order valence-corrected chi connectivity index (χ2v) is 9.84. The second-order valence-electron chi connectivity index (χ2n) is 6.40. The third kappa shape index (κ3) is 3.65. The molecule has 0 aliphatic heterocycles. The molecule has 0 amide bonds. The fourth-order valence-electron chi connectivity index (χ4n) is 3.39. The maximum absolute atomic E-state index is 3.97. The molecule has 4 aromatic carbocycles. The van der Waals surface area contributed by atoms with Crippen molar-refractivity contribution in [1.82, 2.24) is 0 Å². The highest BCUT2D eigenvalue weighted by Gasteiger charge is 2.31. The van der Waals surface area contributed by atoms with Crippen molar-refractivity contribution in [3.8, 4) is 22.3 Å². The van der Waals surface area contributed by atoms with Crippen molar-refractivity contribution in [2.75, 3.05) is 0 Å². The van der Waals surface area contributed by atoms with Crippen molar-refractivity contribution in [3.05, 3.63) is 120 Å². The number of halogens is 2. The van der Waals surface area contributed by atoms with Crippen LogP contribution in [0.25, 0.3) is 22.3 Å². The quantitative estimate of drug-likeness (QED) is 0.261. The van der Waals surface area contributed by atoms with Crippen molar-refractivity contribution in [2.45, 2.75) is 3.23 Å².